The predicted octanol–water partition coefficient (Wildman–Crippen LogP) is 0.880. The first-order valence-electron chi connectivity index (χ1n) is 7.03. The lowest BCUT2D eigenvalue weighted by Gasteiger charge is -2.13. The Morgan fingerprint density at radius 1 is 1.27 bits per heavy atom. The number of anilines is 1. The van der Waals surface area contributed by atoms with Crippen LogP contribution in [0.25, 0.3) is 0 Å². The van der Waals surface area contributed by atoms with Crippen molar-refractivity contribution in [1.82, 2.24) is 5.32 Å². The molecule has 22 heavy (non-hydrogen) atoms. The standard InChI is InChI=1S/C14H21N3O4S/c1-15-14(16-6-9-22(2,18)19)17-11-4-5-12-13(10-11)21-8-3-7-20-12/h4-5,10H,3,6-9H2,1-2H3,(H2,15,16,17). The van der Waals surface area contributed by atoms with Crippen LogP contribution in [0.2, 0.25) is 0 Å². The molecule has 1 heterocycles. The zero-order valence-corrected chi connectivity index (χ0v) is 13.6. The molecule has 122 valence electrons. The highest BCUT2D eigenvalue weighted by molar-refractivity contribution is 7.90. The van der Waals surface area contributed by atoms with E-state index >= 15 is 0 Å². The molecule has 0 spiro atoms. The van der Waals surface area contributed by atoms with E-state index in [4.69, 9.17) is 9.47 Å². The van der Waals surface area contributed by atoms with Gasteiger partial charge in [-0.3, -0.25) is 4.99 Å². The minimum atomic E-state index is -3.00. The van der Waals surface area contributed by atoms with Gasteiger partial charge >= 0.3 is 0 Å². The molecule has 1 aliphatic rings. The number of ether oxygens (including phenoxy) is 2. The van der Waals surface area contributed by atoms with Gasteiger partial charge in [-0.1, -0.05) is 0 Å². The number of fused-ring (bicyclic) bond motifs is 1. The fourth-order valence-corrected chi connectivity index (χ4v) is 2.38. The van der Waals surface area contributed by atoms with Crippen molar-refractivity contribution in [1.29, 1.82) is 0 Å². The van der Waals surface area contributed by atoms with Crippen LogP contribution in [0.5, 0.6) is 11.5 Å². The predicted molar refractivity (Wildman–Crippen MR) is 86.7 cm³/mol. The van der Waals surface area contributed by atoms with E-state index in [9.17, 15) is 8.42 Å². The molecule has 0 fully saturated rings. The largest absolute Gasteiger partial charge is 0.490 e. The van der Waals surface area contributed by atoms with Gasteiger partial charge in [-0.25, -0.2) is 8.42 Å². The van der Waals surface area contributed by atoms with Gasteiger partial charge in [0.15, 0.2) is 17.5 Å². The Kier molecular flexibility index (Phi) is 5.48. The van der Waals surface area contributed by atoms with Crippen LogP contribution in [0.4, 0.5) is 5.69 Å². The molecular weight excluding hydrogens is 306 g/mol. The molecule has 0 atom stereocenters. The van der Waals surface area contributed by atoms with Crippen molar-refractivity contribution in [3.63, 3.8) is 0 Å². The number of guanidine groups is 1. The molecule has 0 aromatic heterocycles. The van der Waals surface area contributed by atoms with Gasteiger partial charge in [0.1, 0.15) is 9.84 Å². The van der Waals surface area contributed by atoms with Crippen LogP contribution in [-0.4, -0.2) is 53.2 Å². The summed E-state index contributed by atoms with van der Waals surface area (Å²) < 4.78 is 33.4. The second kappa shape index (κ2) is 7.35. The van der Waals surface area contributed by atoms with E-state index in [1.54, 1.807) is 7.05 Å². The summed E-state index contributed by atoms with van der Waals surface area (Å²) in [5.74, 6) is 1.96. The number of nitrogens with zero attached hydrogens (tertiary/aromatic N) is 1. The van der Waals surface area contributed by atoms with Gasteiger partial charge in [-0.2, -0.15) is 0 Å². The Morgan fingerprint density at radius 3 is 2.68 bits per heavy atom. The van der Waals surface area contributed by atoms with Gasteiger partial charge in [-0.15, -0.1) is 0 Å². The van der Waals surface area contributed by atoms with Crippen molar-refractivity contribution in [2.75, 3.05) is 44.1 Å². The molecule has 1 aliphatic heterocycles. The van der Waals surface area contributed by atoms with Gasteiger partial charge in [0.2, 0.25) is 0 Å². The Bertz CT molecular complexity index is 643. The van der Waals surface area contributed by atoms with Crippen LogP contribution in [0, 0.1) is 0 Å². The zero-order valence-electron chi connectivity index (χ0n) is 12.8. The number of aliphatic imine (C=N–C) groups is 1. The number of hydrogen-bond donors (Lipinski definition) is 2. The van der Waals surface area contributed by atoms with Crippen molar-refractivity contribution in [3.8, 4) is 11.5 Å². The second-order valence-corrected chi connectivity index (χ2v) is 7.23. The van der Waals surface area contributed by atoms with Crippen LogP contribution in [0.15, 0.2) is 23.2 Å². The first kappa shape index (κ1) is 16.4. The maximum absolute atomic E-state index is 11.1. The van der Waals surface area contributed by atoms with E-state index in [2.05, 4.69) is 15.6 Å². The van der Waals surface area contributed by atoms with Crippen molar-refractivity contribution >= 4 is 21.5 Å². The second-order valence-electron chi connectivity index (χ2n) is 4.97. The highest BCUT2D eigenvalue weighted by atomic mass is 32.2. The molecule has 1 aromatic carbocycles. The highest BCUT2D eigenvalue weighted by Gasteiger charge is 2.11. The lowest BCUT2D eigenvalue weighted by Crippen LogP contribution is -2.34. The Morgan fingerprint density at radius 2 is 2.00 bits per heavy atom. The number of benzene rings is 1. The van der Waals surface area contributed by atoms with Crippen molar-refractivity contribution in [3.05, 3.63) is 18.2 Å². The van der Waals surface area contributed by atoms with E-state index in [-0.39, 0.29) is 5.75 Å². The molecule has 0 bridgehead atoms. The summed E-state index contributed by atoms with van der Waals surface area (Å²) in [4.78, 5) is 4.06. The third-order valence-corrected chi connectivity index (χ3v) is 3.94. The first-order valence-corrected chi connectivity index (χ1v) is 9.09. The normalized spacial score (nSPS) is 15.1. The average Bonchev–Trinajstić information content (AvgIpc) is 2.69. The summed E-state index contributed by atoms with van der Waals surface area (Å²) in [5, 5.41) is 6.05. The van der Waals surface area contributed by atoms with E-state index in [0.29, 0.717) is 31.5 Å². The molecule has 1 aromatic rings. The molecule has 2 rings (SSSR count). The summed E-state index contributed by atoms with van der Waals surface area (Å²) in [6.45, 7) is 1.56. The monoisotopic (exact) mass is 327 g/mol. The molecule has 0 aliphatic carbocycles. The molecule has 7 nitrogen and oxygen atoms in total. The smallest absolute Gasteiger partial charge is 0.195 e. The topological polar surface area (TPSA) is 89.0 Å². The minimum Gasteiger partial charge on any atom is -0.490 e. The summed E-state index contributed by atoms with van der Waals surface area (Å²) >= 11 is 0. The maximum atomic E-state index is 11.1. The van der Waals surface area contributed by atoms with Crippen LogP contribution < -0.4 is 20.1 Å². The van der Waals surface area contributed by atoms with Crippen molar-refractivity contribution in [2.45, 2.75) is 6.42 Å². The summed E-state index contributed by atoms with van der Waals surface area (Å²) in [5.41, 5.74) is 0.789. The highest BCUT2D eigenvalue weighted by Crippen LogP contribution is 2.32. The van der Waals surface area contributed by atoms with Gasteiger partial charge in [0.25, 0.3) is 0 Å². The number of nitrogens with one attached hydrogen (secondary N) is 2. The number of rotatable bonds is 4. The fourth-order valence-electron chi connectivity index (χ4n) is 1.91. The molecule has 0 unspecified atom stereocenters. The molecule has 0 saturated carbocycles. The van der Waals surface area contributed by atoms with Gasteiger partial charge in [0, 0.05) is 38.0 Å². The van der Waals surface area contributed by atoms with E-state index < -0.39 is 9.84 Å². The van der Waals surface area contributed by atoms with Crippen LogP contribution >= 0.6 is 0 Å². The number of hydrogen-bond acceptors (Lipinski definition) is 5. The summed E-state index contributed by atoms with van der Waals surface area (Å²) in [6, 6.07) is 5.54. The SMILES string of the molecule is CN=C(NCCS(C)(=O)=O)Nc1ccc2c(c1)OCCCO2. The lowest BCUT2D eigenvalue weighted by molar-refractivity contribution is 0.297. The minimum absolute atomic E-state index is 0.0504. The number of sulfone groups is 1. The van der Waals surface area contributed by atoms with Crippen molar-refractivity contribution < 1.29 is 17.9 Å². The Hall–Kier alpha value is -1.96. The third-order valence-electron chi connectivity index (χ3n) is 3.00. The summed E-state index contributed by atoms with van der Waals surface area (Å²) in [6.07, 6.45) is 2.06. The van der Waals surface area contributed by atoms with Gasteiger partial charge in [-0.05, 0) is 12.1 Å². The van der Waals surface area contributed by atoms with E-state index in [1.165, 1.54) is 6.26 Å². The quantitative estimate of drug-likeness (QED) is 0.630. The van der Waals surface area contributed by atoms with Crippen molar-refractivity contribution in [2.24, 2.45) is 4.99 Å². The van der Waals surface area contributed by atoms with Gasteiger partial charge in [0.05, 0.1) is 19.0 Å². The third kappa shape index (κ3) is 5.10. The lowest BCUT2D eigenvalue weighted by atomic mass is 10.3. The first-order chi connectivity index (χ1) is 10.5. The average molecular weight is 327 g/mol. The van der Waals surface area contributed by atoms with Crippen LogP contribution in [0.1, 0.15) is 6.42 Å². The molecule has 0 amide bonds. The van der Waals surface area contributed by atoms with Crippen LogP contribution in [0.3, 0.4) is 0 Å². The molecule has 8 heteroatoms. The van der Waals surface area contributed by atoms with Crippen LogP contribution in [-0.2, 0) is 9.84 Å². The Labute approximate surface area is 130 Å². The molecular formula is C14H21N3O4S. The molecule has 0 radical (unpaired) electrons. The summed E-state index contributed by atoms with van der Waals surface area (Å²) in [7, 11) is -1.37. The van der Waals surface area contributed by atoms with Gasteiger partial charge < -0.3 is 20.1 Å². The van der Waals surface area contributed by atoms with E-state index in [0.717, 1.165) is 17.9 Å². The van der Waals surface area contributed by atoms with E-state index in [1.807, 2.05) is 18.2 Å². The maximum Gasteiger partial charge on any atom is 0.195 e. The zero-order chi connectivity index (χ0) is 16.0. The molecule has 0 saturated heterocycles. The fraction of sp³-hybridized carbons (Fsp3) is 0.500. The molecule has 2 N–H and O–H groups in total. The Balaban J connectivity index is 1.98.